The van der Waals surface area contributed by atoms with Gasteiger partial charge in [-0.3, -0.25) is 14.4 Å². The Kier molecular flexibility index (Phi) is 7.78. The standard InChI is InChI=1S/C27H33N7O3/c1-31(2)12-7-11-28-26(36)23-15-21(17-32(23)3)30-27(37)24-14-20(16-33(24)4)29-25(35)18-34-13-10-19-8-5-6-9-22(19)34/h5-6,8-10,13-17H,7,11-12,18H2,1-4H3,(H,28,36)(H,29,35)(H,30,37). The molecule has 0 unspecified atom stereocenters. The molecule has 0 radical (unpaired) electrons. The summed E-state index contributed by atoms with van der Waals surface area (Å²) in [5.74, 6) is -0.729. The number of aromatic nitrogens is 3. The Balaban J connectivity index is 1.35. The van der Waals surface area contributed by atoms with Gasteiger partial charge in [-0.1, -0.05) is 18.2 Å². The lowest BCUT2D eigenvalue weighted by molar-refractivity contribution is -0.116. The molecule has 0 aliphatic heterocycles. The predicted molar refractivity (Wildman–Crippen MR) is 145 cm³/mol. The predicted octanol–water partition coefficient (Wildman–Crippen LogP) is 2.89. The zero-order chi connectivity index (χ0) is 26.5. The first-order valence-electron chi connectivity index (χ1n) is 12.1. The van der Waals surface area contributed by atoms with Crippen LogP contribution >= 0.6 is 0 Å². The number of hydrogen-bond donors (Lipinski definition) is 3. The number of amides is 3. The quantitative estimate of drug-likeness (QED) is 0.290. The SMILES string of the molecule is CN(C)CCCNC(=O)c1cc(NC(=O)c2cc(NC(=O)Cn3ccc4ccccc43)cn2C)cn1C. The fraction of sp³-hybridized carbons (Fsp3) is 0.296. The van der Waals surface area contributed by atoms with Crippen LogP contribution in [0.1, 0.15) is 27.4 Å². The average Bonchev–Trinajstić information content (AvgIpc) is 3.53. The van der Waals surface area contributed by atoms with Crippen LogP contribution in [-0.4, -0.2) is 63.5 Å². The fourth-order valence-corrected chi connectivity index (χ4v) is 4.23. The molecular formula is C27H33N7O3. The molecule has 0 spiro atoms. The Morgan fingerprint density at radius 3 is 2.22 bits per heavy atom. The number of hydrogen-bond acceptors (Lipinski definition) is 4. The lowest BCUT2D eigenvalue weighted by atomic mass is 10.2. The number of nitrogens with one attached hydrogen (secondary N) is 3. The second-order valence-electron chi connectivity index (χ2n) is 9.37. The van der Waals surface area contributed by atoms with E-state index in [-0.39, 0.29) is 24.3 Å². The van der Waals surface area contributed by atoms with Gasteiger partial charge in [-0.2, -0.15) is 0 Å². The Bertz CT molecular complexity index is 1430. The summed E-state index contributed by atoms with van der Waals surface area (Å²) in [4.78, 5) is 40.2. The van der Waals surface area contributed by atoms with E-state index in [1.807, 2.05) is 55.2 Å². The van der Waals surface area contributed by atoms with Gasteiger partial charge in [0.05, 0.1) is 11.4 Å². The van der Waals surface area contributed by atoms with E-state index in [0.29, 0.717) is 29.3 Å². The molecule has 0 aliphatic carbocycles. The smallest absolute Gasteiger partial charge is 0.272 e. The van der Waals surface area contributed by atoms with Gasteiger partial charge < -0.3 is 34.6 Å². The van der Waals surface area contributed by atoms with Crippen LogP contribution in [0, 0.1) is 0 Å². The number of carbonyl (C=O) groups excluding carboxylic acids is 3. The summed E-state index contributed by atoms with van der Waals surface area (Å²) < 4.78 is 5.21. The van der Waals surface area contributed by atoms with Crippen molar-refractivity contribution in [3.05, 3.63) is 72.4 Å². The third-order valence-corrected chi connectivity index (χ3v) is 6.08. The maximum atomic E-state index is 12.9. The fourth-order valence-electron chi connectivity index (χ4n) is 4.23. The molecule has 4 aromatic rings. The van der Waals surface area contributed by atoms with Crippen LogP contribution in [0.3, 0.4) is 0 Å². The summed E-state index contributed by atoms with van der Waals surface area (Å²) >= 11 is 0. The minimum atomic E-state index is -0.344. The number of anilines is 2. The molecule has 4 rings (SSSR count). The lowest BCUT2D eigenvalue weighted by Crippen LogP contribution is -2.28. The van der Waals surface area contributed by atoms with E-state index in [9.17, 15) is 14.4 Å². The van der Waals surface area contributed by atoms with E-state index in [1.54, 1.807) is 47.8 Å². The first-order valence-corrected chi connectivity index (χ1v) is 12.1. The van der Waals surface area contributed by atoms with Crippen molar-refractivity contribution in [1.29, 1.82) is 0 Å². The minimum Gasteiger partial charge on any atom is -0.351 e. The molecule has 1 aromatic carbocycles. The third-order valence-electron chi connectivity index (χ3n) is 6.08. The Morgan fingerprint density at radius 2 is 1.51 bits per heavy atom. The molecule has 10 nitrogen and oxygen atoms in total. The van der Waals surface area contributed by atoms with Gasteiger partial charge in [0, 0.05) is 44.7 Å². The molecule has 3 aromatic heterocycles. The van der Waals surface area contributed by atoms with Crippen molar-refractivity contribution in [3.63, 3.8) is 0 Å². The molecule has 0 atom stereocenters. The van der Waals surface area contributed by atoms with E-state index < -0.39 is 0 Å². The number of aryl methyl sites for hydroxylation is 2. The third kappa shape index (κ3) is 6.28. The zero-order valence-corrected chi connectivity index (χ0v) is 21.6. The van der Waals surface area contributed by atoms with Crippen LogP contribution in [0.15, 0.2) is 61.1 Å². The van der Waals surface area contributed by atoms with Crippen molar-refractivity contribution in [3.8, 4) is 0 Å². The number of carbonyl (C=O) groups is 3. The summed E-state index contributed by atoms with van der Waals surface area (Å²) in [7, 11) is 7.47. The largest absolute Gasteiger partial charge is 0.351 e. The van der Waals surface area contributed by atoms with Gasteiger partial charge in [0.1, 0.15) is 17.9 Å². The molecule has 0 aliphatic rings. The molecule has 0 saturated carbocycles. The summed E-state index contributed by atoms with van der Waals surface area (Å²) in [6.07, 6.45) is 6.12. The van der Waals surface area contributed by atoms with Gasteiger partial charge in [-0.25, -0.2) is 0 Å². The molecule has 37 heavy (non-hydrogen) atoms. The molecule has 3 heterocycles. The number of nitrogens with zero attached hydrogens (tertiary/aromatic N) is 4. The van der Waals surface area contributed by atoms with Gasteiger partial charge in [-0.15, -0.1) is 0 Å². The van der Waals surface area contributed by atoms with Gasteiger partial charge in [0.25, 0.3) is 11.8 Å². The number of rotatable bonds is 10. The maximum Gasteiger partial charge on any atom is 0.272 e. The number of benzene rings is 1. The van der Waals surface area contributed by atoms with Crippen LogP contribution in [0.25, 0.3) is 10.9 Å². The van der Waals surface area contributed by atoms with Crippen molar-refractivity contribution >= 4 is 40.0 Å². The second-order valence-corrected chi connectivity index (χ2v) is 9.37. The highest BCUT2D eigenvalue weighted by atomic mass is 16.2. The van der Waals surface area contributed by atoms with Crippen LogP contribution in [0.4, 0.5) is 11.4 Å². The molecule has 10 heteroatoms. The zero-order valence-electron chi connectivity index (χ0n) is 21.6. The number of para-hydroxylation sites is 1. The van der Waals surface area contributed by atoms with Crippen molar-refractivity contribution < 1.29 is 14.4 Å². The van der Waals surface area contributed by atoms with Gasteiger partial charge >= 0.3 is 0 Å². The van der Waals surface area contributed by atoms with E-state index in [1.165, 1.54) is 0 Å². The van der Waals surface area contributed by atoms with Crippen molar-refractivity contribution in [2.24, 2.45) is 14.1 Å². The Hall–Kier alpha value is -4.31. The molecule has 0 saturated heterocycles. The Morgan fingerprint density at radius 1 is 0.865 bits per heavy atom. The van der Waals surface area contributed by atoms with Crippen LogP contribution < -0.4 is 16.0 Å². The first kappa shape index (κ1) is 25.8. The molecule has 3 N–H and O–H groups in total. The monoisotopic (exact) mass is 503 g/mol. The average molecular weight is 504 g/mol. The van der Waals surface area contributed by atoms with Crippen molar-refractivity contribution in [1.82, 2.24) is 23.9 Å². The van der Waals surface area contributed by atoms with Crippen LogP contribution in [0.2, 0.25) is 0 Å². The molecular weight excluding hydrogens is 470 g/mol. The summed E-state index contributed by atoms with van der Waals surface area (Å²) in [5, 5.41) is 9.67. The normalized spacial score (nSPS) is 11.2. The van der Waals surface area contributed by atoms with Gasteiger partial charge in [0.15, 0.2) is 0 Å². The maximum absolute atomic E-state index is 12.9. The molecule has 0 fully saturated rings. The summed E-state index contributed by atoms with van der Waals surface area (Å²) in [6, 6.07) is 13.1. The number of fused-ring (bicyclic) bond motifs is 1. The van der Waals surface area contributed by atoms with Crippen molar-refractivity contribution in [2.75, 3.05) is 37.8 Å². The molecule has 0 bridgehead atoms. The topological polar surface area (TPSA) is 105 Å². The van der Waals surface area contributed by atoms with E-state index in [2.05, 4.69) is 20.9 Å². The highest BCUT2D eigenvalue weighted by Gasteiger charge is 2.17. The summed E-state index contributed by atoms with van der Waals surface area (Å²) in [5.41, 5.74) is 2.85. The van der Waals surface area contributed by atoms with Crippen molar-refractivity contribution in [2.45, 2.75) is 13.0 Å². The highest BCUT2D eigenvalue weighted by molar-refractivity contribution is 6.05. The summed E-state index contributed by atoms with van der Waals surface area (Å²) in [6.45, 7) is 1.62. The minimum absolute atomic E-state index is 0.161. The van der Waals surface area contributed by atoms with E-state index in [0.717, 1.165) is 23.9 Å². The van der Waals surface area contributed by atoms with E-state index >= 15 is 0 Å². The second kappa shape index (κ2) is 11.2. The van der Waals surface area contributed by atoms with Gasteiger partial charge in [-0.05, 0) is 56.7 Å². The first-order chi connectivity index (χ1) is 17.7. The molecule has 194 valence electrons. The van der Waals surface area contributed by atoms with Gasteiger partial charge in [0.2, 0.25) is 5.91 Å². The molecule has 3 amide bonds. The van der Waals surface area contributed by atoms with Crippen LogP contribution in [-0.2, 0) is 25.4 Å². The highest BCUT2D eigenvalue weighted by Crippen LogP contribution is 2.19. The Labute approximate surface area is 215 Å². The van der Waals surface area contributed by atoms with Crippen LogP contribution in [0.5, 0.6) is 0 Å². The lowest BCUT2D eigenvalue weighted by Gasteiger charge is -2.10. The van der Waals surface area contributed by atoms with E-state index in [4.69, 9.17) is 0 Å².